The van der Waals surface area contributed by atoms with Gasteiger partial charge in [0.1, 0.15) is 0 Å². The minimum absolute atomic E-state index is 0.0704. The number of amides is 1. The molecule has 0 unspecified atom stereocenters. The largest absolute Gasteiger partial charge is 0.494 e. The van der Waals surface area contributed by atoms with E-state index in [0.717, 1.165) is 0 Å². The molecule has 0 aliphatic carbocycles. The molecule has 0 saturated carbocycles. The third-order valence-electron chi connectivity index (χ3n) is 1.91. The fourth-order valence-corrected chi connectivity index (χ4v) is 1.19. The van der Waals surface area contributed by atoms with Crippen molar-refractivity contribution in [2.45, 2.75) is 13.3 Å². The summed E-state index contributed by atoms with van der Waals surface area (Å²) in [6.45, 7) is 2.15. The molecule has 0 fully saturated rings. The van der Waals surface area contributed by atoms with Gasteiger partial charge >= 0.3 is 0 Å². The Balaban J connectivity index is 2.61. The number of rotatable bonds is 5. The van der Waals surface area contributed by atoms with Crippen LogP contribution in [0.1, 0.15) is 12.5 Å². The van der Waals surface area contributed by atoms with E-state index in [1.807, 2.05) is 0 Å². The average Bonchev–Trinajstić information content (AvgIpc) is 2.26. The zero-order valence-corrected chi connectivity index (χ0v) is 9.25. The number of carbonyl (C=O) groups is 1. The molecule has 16 heavy (non-hydrogen) atoms. The van der Waals surface area contributed by atoms with E-state index in [1.165, 1.54) is 19.2 Å². The first-order valence-electron chi connectivity index (χ1n) is 4.90. The number of hydrogen-bond donors (Lipinski definition) is 1. The standard InChI is InChI=1S/C11H14FNO3/c1-3-16-13-11(14)7-8-4-5-10(15-2)9(12)6-8/h4-6H,3,7H2,1-2H3,(H,13,14). The zero-order valence-electron chi connectivity index (χ0n) is 9.25. The van der Waals surface area contributed by atoms with Crippen molar-refractivity contribution >= 4 is 5.91 Å². The third kappa shape index (κ3) is 3.51. The Morgan fingerprint density at radius 3 is 2.81 bits per heavy atom. The van der Waals surface area contributed by atoms with Crippen LogP contribution < -0.4 is 10.2 Å². The fraction of sp³-hybridized carbons (Fsp3) is 0.364. The first-order chi connectivity index (χ1) is 7.67. The number of ether oxygens (including phenoxy) is 1. The Morgan fingerprint density at radius 2 is 2.25 bits per heavy atom. The number of hydroxylamine groups is 1. The van der Waals surface area contributed by atoms with Crippen LogP contribution in [-0.4, -0.2) is 19.6 Å². The summed E-state index contributed by atoms with van der Waals surface area (Å²) < 4.78 is 18.0. The molecule has 0 saturated heterocycles. The van der Waals surface area contributed by atoms with Crippen LogP contribution in [0, 0.1) is 5.82 Å². The van der Waals surface area contributed by atoms with Crippen molar-refractivity contribution < 1.29 is 18.8 Å². The molecule has 1 rings (SSSR count). The summed E-state index contributed by atoms with van der Waals surface area (Å²) in [6.07, 6.45) is 0.0704. The highest BCUT2D eigenvalue weighted by molar-refractivity contribution is 5.77. The molecule has 88 valence electrons. The minimum atomic E-state index is -0.482. The highest BCUT2D eigenvalue weighted by atomic mass is 19.1. The summed E-state index contributed by atoms with van der Waals surface area (Å²) in [6, 6.07) is 4.39. The summed E-state index contributed by atoms with van der Waals surface area (Å²) in [5.74, 6) is -0.635. The molecule has 0 heterocycles. The van der Waals surface area contributed by atoms with Crippen molar-refractivity contribution in [3.8, 4) is 5.75 Å². The quantitative estimate of drug-likeness (QED) is 0.774. The molecular formula is C11H14FNO3. The second-order valence-corrected chi connectivity index (χ2v) is 3.10. The maximum absolute atomic E-state index is 13.3. The van der Waals surface area contributed by atoms with Crippen molar-refractivity contribution in [2.75, 3.05) is 13.7 Å². The summed E-state index contributed by atoms with van der Waals surface area (Å²) in [5.41, 5.74) is 2.80. The number of halogens is 1. The van der Waals surface area contributed by atoms with Crippen molar-refractivity contribution in [3.05, 3.63) is 29.6 Å². The van der Waals surface area contributed by atoms with Gasteiger partial charge in [0, 0.05) is 0 Å². The van der Waals surface area contributed by atoms with Crippen LogP contribution in [0.15, 0.2) is 18.2 Å². The molecule has 4 nitrogen and oxygen atoms in total. The first kappa shape index (κ1) is 12.4. The van der Waals surface area contributed by atoms with Crippen molar-refractivity contribution in [2.24, 2.45) is 0 Å². The lowest BCUT2D eigenvalue weighted by molar-refractivity contribution is -0.132. The van der Waals surface area contributed by atoms with Crippen LogP contribution in [0.4, 0.5) is 4.39 Å². The van der Waals surface area contributed by atoms with Gasteiger partial charge in [0.15, 0.2) is 11.6 Å². The van der Waals surface area contributed by atoms with Crippen LogP contribution in [0.2, 0.25) is 0 Å². The lowest BCUT2D eigenvalue weighted by Gasteiger charge is -2.06. The molecule has 0 bridgehead atoms. The lowest BCUT2D eigenvalue weighted by Crippen LogP contribution is -2.25. The van der Waals surface area contributed by atoms with Crippen LogP contribution in [0.25, 0.3) is 0 Å². The summed E-state index contributed by atoms with van der Waals surface area (Å²) in [4.78, 5) is 16.0. The van der Waals surface area contributed by atoms with E-state index >= 15 is 0 Å². The Labute approximate surface area is 93.3 Å². The van der Waals surface area contributed by atoms with E-state index < -0.39 is 5.82 Å². The minimum Gasteiger partial charge on any atom is -0.494 e. The van der Waals surface area contributed by atoms with Gasteiger partial charge in [-0.05, 0) is 24.6 Å². The van der Waals surface area contributed by atoms with Gasteiger partial charge in [-0.2, -0.15) is 0 Å². The Bertz CT molecular complexity index is 368. The maximum Gasteiger partial charge on any atom is 0.247 e. The number of hydrogen-bond acceptors (Lipinski definition) is 3. The van der Waals surface area contributed by atoms with Crippen LogP contribution in [0.3, 0.4) is 0 Å². The number of methoxy groups -OCH3 is 1. The monoisotopic (exact) mass is 227 g/mol. The second-order valence-electron chi connectivity index (χ2n) is 3.10. The Hall–Kier alpha value is -1.62. The molecule has 0 spiro atoms. The SMILES string of the molecule is CCONC(=O)Cc1ccc(OC)c(F)c1. The molecule has 0 aromatic heterocycles. The van der Waals surface area contributed by atoms with Gasteiger partial charge in [0.25, 0.3) is 0 Å². The Kier molecular flexibility index (Phi) is 4.72. The highest BCUT2D eigenvalue weighted by Crippen LogP contribution is 2.17. The number of nitrogens with one attached hydrogen (secondary N) is 1. The van der Waals surface area contributed by atoms with Gasteiger partial charge < -0.3 is 4.74 Å². The smallest absolute Gasteiger partial charge is 0.247 e. The zero-order chi connectivity index (χ0) is 12.0. The molecule has 1 amide bonds. The molecule has 0 aliphatic heterocycles. The van der Waals surface area contributed by atoms with Crippen LogP contribution in [0.5, 0.6) is 5.75 Å². The van der Waals surface area contributed by atoms with Gasteiger partial charge in [0.2, 0.25) is 5.91 Å². The summed E-state index contributed by atoms with van der Waals surface area (Å²) in [5, 5.41) is 0. The average molecular weight is 227 g/mol. The lowest BCUT2D eigenvalue weighted by atomic mass is 10.1. The number of benzene rings is 1. The molecule has 0 aliphatic rings. The van der Waals surface area contributed by atoms with Crippen LogP contribution in [-0.2, 0) is 16.1 Å². The van der Waals surface area contributed by atoms with E-state index in [9.17, 15) is 9.18 Å². The number of carbonyl (C=O) groups excluding carboxylic acids is 1. The van der Waals surface area contributed by atoms with E-state index in [2.05, 4.69) is 5.48 Å². The topological polar surface area (TPSA) is 47.6 Å². The van der Waals surface area contributed by atoms with E-state index in [4.69, 9.17) is 9.57 Å². The molecule has 0 radical (unpaired) electrons. The van der Waals surface area contributed by atoms with E-state index in [0.29, 0.717) is 12.2 Å². The van der Waals surface area contributed by atoms with Gasteiger partial charge in [-0.1, -0.05) is 6.07 Å². The molecule has 0 atom stereocenters. The molecular weight excluding hydrogens is 213 g/mol. The predicted molar refractivity (Wildman–Crippen MR) is 56.4 cm³/mol. The highest BCUT2D eigenvalue weighted by Gasteiger charge is 2.07. The third-order valence-corrected chi connectivity index (χ3v) is 1.91. The van der Waals surface area contributed by atoms with Gasteiger partial charge in [-0.15, -0.1) is 0 Å². The van der Waals surface area contributed by atoms with Gasteiger partial charge in [0.05, 0.1) is 20.1 Å². The fourth-order valence-electron chi connectivity index (χ4n) is 1.19. The van der Waals surface area contributed by atoms with Crippen molar-refractivity contribution in [3.63, 3.8) is 0 Å². The van der Waals surface area contributed by atoms with E-state index in [1.54, 1.807) is 13.0 Å². The second kappa shape index (κ2) is 6.07. The van der Waals surface area contributed by atoms with Gasteiger partial charge in [-0.3, -0.25) is 9.63 Å². The van der Waals surface area contributed by atoms with Crippen LogP contribution >= 0.6 is 0 Å². The van der Waals surface area contributed by atoms with Crippen molar-refractivity contribution in [1.29, 1.82) is 0 Å². The predicted octanol–water partition coefficient (Wildman–Crippen LogP) is 1.44. The molecule has 5 heteroatoms. The van der Waals surface area contributed by atoms with Crippen molar-refractivity contribution in [1.82, 2.24) is 5.48 Å². The van der Waals surface area contributed by atoms with Gasteiger partial charge in [-0.25, -0.2) is 9.87 Å². The molecule has 1 aromatic rings. The molecule has 1 aromatic carbocycles. The maximum atomic E-state index is 13.3. The first-order valence-corrected chi connectivity index (χ1v) is 4.90. The molecule has 1 N–H and O–H groups in total. The van der Waals surface area contributed by atoms with E-state index in [-0.39, 0.29) is 18.1 Å². The summed E-state index contributed by atoms with van der Waals surface area (Å²) >= 11 is 0. The summed E-state index contributed by atoms with van der Waals surface area (Å²) in [7, 11) is 1.39. The Morgan fingerprint density at radius 1 is 1.50 bits per heavy atom. The normalized spacial score (nSPS) is 9.94.